The molecule has 0 atom stereocenters. The lowest BCUT2D eigenvalue weighted by Gasteiger charge is -2.20. The van der Waals surface area contributed by atoms with Crippen molar-refractivity contribution in [2.24, 2.45) is 13.0 Å². The molecule has 0 saturated heterocycles. The van der Waals surface area contributed by atoms with Crippen molar-refractivity contribution in [3.63, 3.8) is 0 Å². The standard InChI is InChI=1S/C26H32N4O3S2/c1-17-9-12-19(13-10-17)20-15-34-24(23(20)25(32)33-3)27-22(31)16-35-26-29-28-21(30(26)2)14-11-18-7-5-4-6-8-18/h9-10,12-13,15,18H,4-8,11,14,16H2,1-3H3,(H,27,31). The van der Waals surface area contributed by atoms with Crippen molar-refractivity contribution >= 4 is 40.0 Å². The number of aryl methyl sites for hydroxylation is 2. The number of esters is 1. The summed E-state index contributed by atoms with van der Waals surface area (Å²) in [4.78, 5) is 25.3. The Hall–Kier alpha value is -2.65. The molecular formula is C26H32N4O3S2. The quantitative estimate of drug-likeness (QED) is 0.285. The molecule has 4 rings (SSSR count). The van der Waals surface area contributed by atoms with E-state index in [4.69, 9.17) is 4.74 Å². The molecule has 0 radical (unpaired) electrons. The second kappa shape index (κ2) is 11.9. The highest BCUT2D eigenvalue weighted by Crippen LogP contribution is 2.36. The monoisotopic (exact) mass is 512 g/mol. The minimum atomic E-state index is -0.472. The zero-order chi connectivity index (χ0) is 24.8. The molecular weight excluding hydrogens is 480 g/mol. The van der Waals surface area contributed by atoms with Crippen LogP contribution in [-0.2, 0) is 23.0 Å². The summed E-state index contributed by atoms with van der Waals surface area (Å²) < 4.78 is 6.99. The van der Waals surface area contributed by atoms with E-state index in [-0.39, 0.29) is 11.7 Å². The van der Waals surface area contributed by atoms with Crippen molar-refractivity contribution in [3.05, 3.63) is 46.6 Å². The fraction of sp³-hybridized carbons (Fsp3) is 0.462. The maximum Gasteiger partial charge on any atom is 0.341 e. The van der Waals surface area contributed by atoms with Gasteiger partial charge in [-0.1, -0.05) is 73.7 Å². The van der Waals surface area contributed by atoms with Gasteiger partial charge in [-0.05, 0) is 24.8 Å². The number of rotatable bonds is 9. The number of benzene rings is 1. The molecule has 186 valence electrons. The molecule has 35 heavy (non-hydrogen) atoms. The van der Waals surface area contributed by atoms with Crippen LogP contribution in [0.2, 0.25) is 0 Å². The lowest BCUT2D eigenvalue weighted by molar-refractivity contribution is -0.113. The Morgan fingerprint density at radius 3 is 2.63 bits per heavy atom. The smallest absolute Gasteiger partial charge is 0.341 e. The van der Waals surface area contributed by atoms with E-state index in [1.165, 1.54) is 62.3 Å². The minimum Gasteiger partial charge on any atom is -0.465 e. The van der Waals surface area contributed by atoms with Crippen molar-refractivity contribution < 1.29 is 14.3 Å². The van der Waals surface area contributed by atoms with E-state index in [1.807, 2.05) is 48.2 Å². The second-order valence-electron chi connectivity index (χ2n) is 9.05. The zero-order valence-corrected chi connectivity index (χ0v) is 22.1. The number of nitrogens with one attached hydrogen (secondary N) is 1. The molecule has 0 bridgehead atoms. The van der Waals surface area contributed by atoms with Gasteiger partial charge in [0.15, 0.2) is 5.16 Å². The molecule has 1 saturated carbocycles. The Kier molecular flexibility index (Phi) is 8.62. The third-order valence-electron chi connectivity index (χ3n) is 6.55. The molecule has 2 aromatic heterocycles. The highest BCUT2D eigenvalue weighted by molar-refractivity contribution is 7.99. The van der Waals surface area contributed by atoms with Gasteiger partial charge in [-0.2, -0.15) is 0 Å². The Morgan fingerprint density at radius 2 is 1.91 bits per heavy atom. The molecule has 7 nitrogen and oxygen atoms in total. The van der Waals surface area contributed by atoms with E-state index >= 15 is 0 Å². The first-order valence-electron chi connectivity index (χ1n) is 12.0. The summed E-state index contributed by atoms with van der Waals surface area (Å²) in [5.41, 5.74) is 3.17. The van der Waals surface area contributed by atoms with Crippen LogP contribution >= 0.6 is 23.1 Å². The molecule has 0 spiro atoms. The van der Waals surface area contributed by atoms with Crippen LogP contribution in [0.5, 0.6) is 0 Å². The van der Waals surface area contributed by atoms with Crippen molar-refractivity contribution in [1.29, 1.82) is 0 Å². The highest BCUT2D eigenvalue weighted by Gasteiger charge is 2.23. The van der Waals surface area contributed by atoms with E-state index in [0.717, 1.165) is 46.4 Å². The largest absolute Gasteiger partial charge is 0.465 e. The van der Waals surface area contributed by atoms with Gasteiger partial charge in [0.2, 0.25) is 5.91 Å². The summed E-state index contributed by atoms with van der Waals surface area (Å²) in [7, 11) is 3.30. The summed E-state index contributed by atoms with van der Waals surface area (Å²) in [6, 6.07) is 7.91. The number of amides is 1. The van der Waals surface area contributed by atoms with Crippen molar-refractivity contribution in [1.82, 2.24) is 14.8 Å². The number of thioether (sulfide) groups is 1. The number of thiophene rings is 1. The van der Waals surface area contributed by atoms with Gasteiger partial charge in [-0.25, -0.2) is 4.79 Å². The van der Waals surface area contributed by atoms with Gasteiger partial charge in [0.25, 0.3) is 0 Å². The van der Waals surface area contributed by atoms with E-state index in [0.29, 0.717) is 10.6 Å². The fourth-order valence-corrected chi connectivity index (χ4v) is 6.19. The molecule has 1 aliphatic rings. The third-order valence-corrected chi connectivity index (χ3v) is 8.47. The van der Waals surface area contributed by atoms with Crippen LogP contribution < -0.4 is 5.32 Å². The fourth-order valence-electron chi connectivity index (χ4n) is 4.49. The Balaban J connectivity index is 1.38. The summed E-state index contributed by atoms with van der Waals surface area (Å²) in [6.07, 6.45) is 8.75. The molecule has 9 heteroatoms. The topological polar surface area (TPSA) is 86.1 Å². The van der Waals surface area contributed by atoms with E-state index in [1.54, 1.807) is 0 Å². The number of nitrogens with zero attached hydrogens (tertiary/aromatic N) is 3. The van der Waals surface area contributed by atoms with Gasteiger partial charge in [0, 0.05) is 24.4 Å². The van der Waals surface area contributed by atoms with E-state index in [2.05, 4.69) is 15.5 Å². The van der Waals surface area contributed by atoms with Crippen LogP contribution in [0.3, 0.4) is 0 Å². The van der Waals surface area contributed by atoms with E-state index in [9.17, 15) is 9.59 Å². The average Bonchev–Trinajstić information content (AvgIpc) is 3.45. The number of carbonyl (C=O) groups is 2. The molecule has 1 aromatic carbocycles. The number of anilines is 1. The van der Waals surface area contributed by atoms with Crippen molar-refractivity contribution in [2.45, 2.75) is 57.0 Å². The molecule has 0 aliphatic heterocycles. The van der Waals surface area contributed by atoms with Gasteiger partial charge in [0.05, 0.1) is 12.9 Å². The molecule has 1 aliphatic carbocycles. The van der Waals surface area contributed by atoms with Crippen molar-refractivity contribution in [3.8, 4) is 11.1 Å². The van der Waals surface area contributed by atoms with Gasteiger partial charge >= 0.3 is 5.97 Å². The van der Waals surface area contributed by atoms with Gasteiger partial charge in [0.1, 0.15) is 16.4 Å². The SMILES string of the molecule is COC(=O)c1c(-c2ccc(C)cc2)csc1NC(=O)CSc1nnc(CCC2CCCCC2)n1C. The van der Waals surface area contributed by atoms with Crippen LogP contribution in [0.4, 0.5) is 5.00 Å². The summed E-state index contributed by atoms with van der Waals surface area (Å²) >= 11 is 2.67. The first-order valence-corrected chi connectivity index (χ1v) is 13.9. The van der Waals surface area contributed by atoms with Crippen molar-refractivity contribution in [2.75, 3.05) is 18.2 Å². The van der Waals surface area contributed by atoms with Gasteiger partial charge in [-0.15, -0.1) is 21.5 Å². The average molecular weight is 513 g/mol. The summed E-state index contributed by atoms with van der Waals surface area (Å²) in [6.45, 7) is 2.01. The predicted molar refractivity (Wildman–Crippen MR) is 141 cm³/mol. The first-order chi connectivity index (χ1) is 17.0. The first kappa shape index (κ1) is 25.4. The zero-order valence-electron chi connectivity index (χ0n) is 20.5. The molecule has 0 unspecified atom stereocenters. The number of methoxy groups -OCH3 is 1. The number of ether oxygens (including phenoxy) is 1. The Bertz CT molecular complexity index is 1160. The van der Waals surface area contributed by atoms with Gasteiger partial charge in [-0.3, -0.25) is 4.79 Å². The van der Waals surface area contributed by atoms with Gasteiger partial charge < -0.3 is 14.6 Å². The summed E-state index contributed by atoms with van der Waals surface area (Å²) in [5, 5.41) is 14.6. The number of hydrogen-bond acceptors (Lipinski definition) is 7. The van der Waals surface area contributed by atoms with Crippen LogP contribution in [0, 0.1) is 12.8 Å². The number of aromatic nitrogens is 3. The Morgan fingerprint density at radius 1 is 1.17 bits per heavy atom. The van der Waals surface area contributed by atoms with Crippen LogP contribution in [0.15, 0.2) is 34.8 Å². The summed E-state index contributed by atoms with van der Waals surface area (Å²) in [5.74, 6) is 1.26. The molecule has 1 fully saturated rings. The number of hydrogen-bond donors (Lipinski definition) is 1. The lowest BCUT2D eigenvalue weighted by Crippen LogP contribution is -2.16. The molecule has 1 amide bonds. The maximum absolute atomic E-state index is 12.8. The third kappa shape index (κ3) is 6.32. The second-order valence-corrected chi connectivity index (χ2v) is 10.9. The molecule has 1 N–H and O–H groups in total. The van der Waals surface area contributed by atoms with Crippen LogP contribution in [0.1, 0.15) is 60.3 Å². The number of carbonyl (C=O) groups excluding carboxylic acids is 2. The lowest BCUT2D eigenvalue weighted by atomic mass is 9.86. The predicted octanol–water partition coefficient (Wildman–Crippen LogP) is 5.88. The normalized spacial score (nSPS) is 14.1. The minimum absolute atomic E-state index is 0.174. The maximum atomic E-state index is 12.8. The molecule has 2 heterocycles. The van der Waals surface area contributed by atoms with Crippen LogP contribution in [-0.4, -0.2) is 39.5 Å². The Labute approximate surface area is 214 Å². The highest BCUT2D eigenvalue weighted by atomic mass is 32.2. The van der Waals surface area contributed by atoms with E-state index < -0.39 is 5.97 Å². The van der Waals surface area contributed by atoms with Crippen LogP contribution in [0.25, 0.3) is 11.1 Å². The molecule has 3 aromatic rings.